The van der Waals surface area contributed by atoms with Crippen molar-refractivity contribution in [3.05, 3.63) is 12.2 Å². The average molecular weight is 131 g/mol. The summed E-state index contributed by atoms with van der Waals surface area (Å²) in [7, 11) is 1.52. The van der Waals surface area contributed by atoms with Gasteiger partial charge in [0, 0.05) is 13.1 Å². The van der Waals surface area contributed by atoms with Gasteiger partial charge in [0.05, 0.1) is 0 Å². The first-order valence-electron chi connectivity index (χ1n) is 2.46. The normalized spacial score (nSPS) is 10.0. The molecule has 0 heterocycles. The van der Waals surface area contributed by atoms with Crippen LogP contribution in [0.4, 0.5) is 0 Å². The van der Waals surface area contributed by atoms with Gasteiger partial charge in [-0.1, -0.05) is 6.08 Å². The van der Waals surface area contributed by atoms with E-state index in [1.807, 2.05) is 0 Å². The van der Waals surface area contributed by atoms with Crippen LogP contribution < -0.4 is 5.32 Å². The van der Waals surface area contributed by atoms with Crippen LogP contribution in [-0.2, 0) is 9.68 Å². The molecule has 0 aromatic carbocycles. The summed E-state index contributed by atoms with van der Waals surface area (Å²) in [6.45, 7) is 0.0351. The molecule has 0 fully saturated rings. The molecule has 0 unspecified atom stereocenters. The summed E-state index contributed by atoms with van der Waals surface area (Å²) in [6, 6.07) is 0. The molecule has 0 aromatic rings. The summed E-state index contributed by atoms with van der Waals surface area (Å²) in [5.74, 6) is -0.216. The molecule has 0 aliphatic carbocycles. The van der Waals surface area contributed by atoms with Crippen molar-refractivity contribution in [3.63, 3.8) is 0 Å². The standard InChI is InChI=1S/C5H9NO3/c1-6-5(7)3-2-4-9-8/h2-3,8H,4H2,1H3,(H,6,7)/b3-2-. The zero-order chi connectivity index (χ0) is 7.11. The van der Waals surface area contributed by atoms with E-state index in [1.165, 1.54) is 19.2 Å². The lowest BCUT2D eigenvalue weighted by molar-refractivity contribution is -0.231. The minimum atomic E-state index is -0.216. The SMILES string of the molecule is CNC(=O)/C=C\COO. The average Bonchev–Trinajstić information content (AvgIpc) is 1.89. The lowest BCUT2D eigenvalue weighted by atomic mass is 10.5. The fourth-order valence-corrected chi connectivity index (χ4v) is 0.282. The van der Waals surface area contributed by atoms with Gasteiger partial charge in [-0.15, -0.1) is 0 Å². The van der Waals surface area contributed by atoms with Crippen molar-refractivity contribution >= 4 is 5.91 Å². The Morgan fingerprint density at radius 3 is 3.00 bits per heavy atom. The van der Waals surface area contributed by atoms with E-state index < -0.39 is 0 Å². The molecule has 2 N–H and O–H groups in total. The summed E-state index contributed by atoms with van der Waals surface area (Å²) in [5, 5.41) is 10.1. The number of likely N-dealkylation sites (N-methyl/N-ethyl adjacent to an activating group) is 1. The molecule has 9 heavy (non-hydrogen) atoms. The maximum atomic E-state index is 10.4. The molecule has 0 spiro atoms. The third-order valence-corrected chi connectivity index (χ3v) is 0.686. The monoisotopic (exact) mass is 131 g/mol. The van der Waals surface area contributed by atoms with Crippen LogP contribution >= 0.6 is 0 Å². The number of carbonyl (C=O) groups is 1. The van der Waals surface area contributed by atoms with E-state index in [9.17, 15) is 4.79 Å². The van der Waals surface area contributed by atoms with Crippen LogP contribution in [0.2, 0.25) is 0 Å². The molecule has 4 nitrogen and oxygen atoms in total. The predicted molar refractivity (Wildman–Crippen MR) is 31.8 cm³/mol. The van der Waals surface area contributed by atoms with Crippen LogP contribution in [0.5, 0.6) is 0 Å². The maximum Gasteiger partial charge on any atom is 0.243 e. The van der Waals surface area contributed by atoms with Crippen LogP contribution in [0.15, 0.2) is 12.2 Å². The topological polar surface area (TPSA) is 58.6 Å². The number of nitrogens with one attached hydrogen (secondary N) is 1. The Bertz CT molecular complexity index is 111. The Morgan fingerprint density at radius 1 is 1.89 bits per heavy atom. The van der Waals surface area contributed by atoms with Crippen molar-refractivity contribution in [1.29, 1.82) is 0 Å². The summed E-state index contributed by atoms with van der Waals surface area (Å²) >= 11 is 0. The molecule has 1 amide bonds. The molecule has 0 rings (SSSR count). The van der Waals surface area contributed by atoms with E-state index in [0.717, 1.165) is 0 Å². The third kappa shape index (κ3) is 4.99. The van der Waals surface area contributed by atoms with Gasteiger partial charge in [0.2, 0.25) is 5.91 Å². The highest BCUT2D eigenvalue weighted by atomic mass is 17.1. The molecule has 52 valence electrons. The van der Waals surface area contributed by atoms with E-state index in [2.05, 4.69) is 10.2 Å². The Morgan fingerprint density at radius 2 is 2.56 bits per heavy atom. The van der Waals surface area contributed by atoms with Crippen molar-refractivity contribution < 1.29 is 14.9 Å². The van der Waals surface area contributed by atoms with Crippen molar-refractivity contribution in [3.8, 4) is 0 Å². The Hall–Kier alpha value is -0.870. The van der Waals surface area contributed by atoms with Gasteiger partial charge in [0.15, 0.2) is 0 Å². The largest absolute Gasteiger partial charge is 0.356 e. The first-order chi connectivity index (χ1) is 4.31. The van der Waals surface area contributed by atoms with Gasteiger partial charge in [-0.25, -0.2) is 4.89 Å². The van der Waals surface area contributed by atoms with Crippen LogP contribution in [0, 0.1) is 0 Å². The number of amides is 1. The summed E-state index contributed by atoms with van der Waals surface area (Å²) in [6.07, 6.45) is 2.68. The van der Waals surface area contributed by atoms with Gasteiger partial charge in [-0.2, -0.15) is 0 Å². The summed E-state index contributed by atoms with van der Waals surface area (Å²) in [5.41, 5.74) is 0. The number of hydrogen-bond acceptors (Lipinski definition) is 3. The summed E-state index contributed by atoms with van der Waals surface area (Å²) in [4.78, 5) is 14.0. The van der Waals surface area contributed by atoms with Gasteiger partial charge in [-0.3, -0.25) is 10.1 Å². The van der Waals surface area contributed by atoms with E-state index in [-0.39, 0.29) is 12.5 Å². The number of carbonyl (C=O) groups excluding carboxylic acids is 1. The van der Waals surface area contributed by atoms with Crippen molar-refractivity contribution in [2.75, 3.05) is 13.7 Å². The molecule has 0 aliphatic heterocycles. The molecule has 0 radical (unpaired) electrons. The van der Waals surface area contributed by atoms with Crippen LogP contribution in [-0.4, -0.2) is 24.8 Å². The Balaban J connectivity index is 3.32. The fraction of sp³-hybridized carbons (Fsp3) is 0.400. The first-order valence-corrected chi connectivity index (χ1v) is 2.46. The van der Waals surface area contributed by atoms with E-state index in [4.69, 9.17) is 5.26 Å². The first kappa shape index (κ1) is 8.13. The molecule has 0 saturated heterocycles. The quantitative estimate of drug-likeness (QED) is 0.316. The van der Waals surface area contributed by atoms with Crippen molar-refractivity contribution in [2.24, 2.45) is 0 Å². The van der Waals surface area contributed by atoms with Crippen molar-refractivity contribution in [1.82, 2.24) is 5.32 Å². The summed E-state index contributed by atoms with van der Waals surface area (Å²) < 4.78 is 0. The highest BCUT2D eigenvalue weighted by Gasteiger charge is 1.84. The second-order valence-corrected chi connectivity index (χ2v) is 1.31. The van der Waals surface area contributed by atoms with E-state index in [1.54, 1.807) is 0 Å². The molecular formula is C5H9NO3. The molecule has 0 saturated carbocycles. The zero-order valence-corrected chi connectivity index (χ0v) is 5.13. The molecule has 0 aromatic heterocycles. The Labute approximate surface area is 53.1 Å². The second kappa shape index (κ2) is 5.27. The third-order valence-electron chi connectivity index (χ3n) is 0.686. The molecular weight excluding hydrogens is 122 g/mol. The minimum Gasteiger partial charge on any atom is -0.356 e. The van der Waals surface area contributed by atoms with E-state index >= 15 is 0 Å². The van der Waals surface area contributed by atoms with Gasteiger partial charge >= 0.3 is 0 Å². The van der Waals surface area contributed by atoms with Crippen LogP contribution in [0.25, 0.3) is 0 Å². The predicted octanol–water partition coefficient (Wildman–Crippen LogP) is -0.222. The zero-order valence-electron chi connectivity index (χ0n) is 5.13. The van der Waals surface area contributed by atoms with Crippen molar-refractivity contribution in [2.45, 2.75) is 0 Å². The lowest BCUT2D eigenvalue weighted by Gasteiger charge is -1.87. The second-order valence-electron chi connectivity index (χ2n) is 1.31. The lowest BCUT2D eigenvalue weighted by Crippen LogP contribution is -2.14. The van der Waals surface area contributed by atoms with Crippen LogP contribution in [0.3, 0.4) is 0 Å². The molecule has 0 bridgehead atoms. The van der Waals surface area contributed by atoms with Gasteiger partial charge in [-0.05, 0) is 0 Å². The van der Waals surface area contributed by atoms with Gasteiger partial charge < -0.3 is 5.32 Å². The highest BCUT2D eigenvalue weighted by Crippen LogP contribution is 1.72. The Kier molecular flexibility index (Phi) is 4.76. The smallest absolute Gasteiger partial charge is 0.243 e. The van der Waals surface area contributed by atoms with Gasteiger partial charge in [0.25, 0.3) is 0 Å². The minimum absolute atomic E-state index is 0.0351. The molecule has 4 heteroatoms. The number of rotatable bonds is 3. The molecule has 0 aliphatic rings. The maximum absolute atomic E-state index is 10.4. The highest BCUT2D eigenvalue weighted by molar-refractivity contribution is 5.87. The van der Waals surface area contributed by atoms with Crippen LogP contribution in [0.1, 0.15) is 0 Å². The van der Waals surface area contributed by atoms with Gasteiger partial charge in [0.1, 0.15) is 6.61 Å². The fourth-order valence-electron chi connectivity index (χ4n) is 0.282. The molecule has 0 atom stereocenters. The number of hydrogen-bond donors (Lipinski definition) is 2. The van der Waals surface area contributed by atoms with E-state index in [0.29, 0.717) is 0 Å².